The zero-order valence-electron chi connectivity index (χ0n) is 10.3. The van der Waals surface area contributed by atoms with Crippen molar-refractivity contribution in [2.45, 2.75) is 0 Å². The van der Waals surface area contributed by atoms with Crippen molar-refractivity contribution in [3.8, 4) is 5.75 Å². The third kappa shape index (κ3) is 2.15. The van der Waals surface area contributed by atoms with Crippen LogP contribution in [0.2, 0.25) is 0 Å². The minimum absolute atomic E-state index is 0.563. The smallest absolute Gasteiger partial charge is 0.158 e. The number of hydrogen-bond donors (Lipinski definition) is 3. The second kappa shape index (κ2) is 4.49. The Morgan fingerprint density at radius 1 is 1.21 bits per heavy atom. The van der Waals surface area contributed by atoms with E-state index in [1.807, 2.05) is 24.3 Å². The molecule has 1 aromatic carbocycles. The van der Waals surface area contributed by atoms with Crippen LogP contribution in [0.5, 0.6) is 5.75 Å². The summed E-state index contributed by atoms with van der Waals surface area (Å²) < 4.78 is 5.12. The molecule has 0 saturated carbocycles. The SMILES string of the molecule is COc1ccc(Nc2ncnc3cc(N)[nH]c23)cc1. The van der Waals surface area contributed by atoms with Gasteiger partial charge in [-0.05, 0) is 24.3 Å². The van der Waals surface area contributed by atoms with Gasteiger partial charge in [-0.2, -0.15) is 0 Å². The number of rotatable bonds is 3. The topological polar surface area (TPSA) is 88.8 Å². The van der Waals surface area contributed by atoms with Crippen LogP contribution in [0.25, 0.3) is 11.0 Å². The fourth-order valence-electron chi connectivity index (χ4n) is 1.87. The highest BCUT2D eigenvalue weighted by atomic mass is 16.5. The first kappa shape index (κ1) is 11.3. The van der Waals surface area contributed by atoms with Gasteiger partial charge in [-0.1, -0.05) is 0 Å². The van der Waals surface area contributed by atoms with Gasteiger partial charge in [0.1, 0.15) is 23.4 Å². The van der Waals surface area contributed by atoms with E-state index in [4.69, 9.17) is 10.5 Å². The number of ether oxygens (including phenoxy) is 1. The number of H-pyrrole nitrogens is 1. The van der Waals surface area contributed by atoms with E-state index >= 15 is 0 Å². The summed E-state index contributed by atoms with van der Waals surface area (Å²) in [4.78, 5) is 11.4. The Bertz CT molecular complexity index is 705. The van der Waals surface area contributed by atoms with E-state index in [9.17, 15) is 0 Å². The van der Waals surface area contributed by atoms with Crippen molar-refractivity contribution in [2.75, 3.05) is 18.2 Å². The highest BCUT2D eigenvalue weighted by molar-refractivity contribution is 5.90. The normalized spacial score (nSPS) is 10.6. The van der Waals surface area contributed by atoms with E-state index in [-0.39, 0.29) is 0 Å². The van der Waals surface area contributed by atoms with Gasteiger partial charge in [0.2, 0.25) is 0 Å². The first-order valence-corrected chi connectivity index (χ1v) is 5.76. The Morgan fingerprint density at radius 2 is 2.00 bits per heavy atom. The fraction of sp³-hybridized carbons (Fsp3) is 0.0769. The average Bonchev–Trinajstić information content (AvgIpc) is 2.81. The molecular weight excluding hydrogens is 242 g/mol. The van der Waals surface area contributed by atoms with Crippen LogP contribution in [0.15, 0.2) is 36.7 Å². The molecule has 0 bridgehead atoms. The number of aromatic nitrogens is 3. The molecule has 0 fully saturated rings. The molecule has 0 aliphatic rings. The molecule has 3 rings (SSSR count). The van der Waals surface area contributed by atoms with Gasteiger partial charge < -0.3 is 20.8 Å². The number of fused-ring (bicyclic) bond motifs is 1. The molecule has 96 valence electrons. The summed E-state index contributed by atoms with van der Waals surface area (Å²) in [6, 6.07) is 9.36. The Balaban J connectivity index is 1.95. The monoisotopic (exact) mass is 255 g/mol. The van der Waals surface area contributed by atoms with Crippen LogP contribution < -0.4 is 15.8 Å². The van der Waals surface area contributed by atoms with Crippen molar-refractivity contribution in [1.29, 1.82) is 0 Å². The summed E-state index contributed by atoms with van der Waals surface area (Å²) in [5.74, 6) is 2.06. The number of nitrogens with one attached hydrogen (secondary N) is 2. The van der Waals surface area contributed by atoms with Crippen molar-refractivity contribution in [3.05, 3.63) is 36.7 Å². The summed E-state index contributed by atoms with van der Waals surface area (Å²) in [6.07, 6.45) is 1.50. The van der Waals surface area contributed by atoms with Crippen LogP contribution in [0.1, 0.15) is 0 Å². The van der Waals surface area contributed by atoms with Gasteiger partial charge in [0.15, 0.2) is 5.82 Å². The van der Waals surface area contributed by atoms with Gasteiger partial charge in [-0.15, -0.1) is 0 Å². The highest BCUT2D eigenvalue weighted by Crippen LogP contribution is 2.24. The van der Waals surface area contributed by atoms with Crippen molar-refractivity contribution in [2.24, 2.45) is 0 Å². The Kier molecular flexibility index (Phi) is 2.68. The highest BCUT2D eigenvalue weighted by Gasteiger charge is 2.06. The maximum atomic E-state index is 5.72. The quantitative estimate of drug-likeness (QED) is 0.668. The van der Waals surface area contributed by atoms with Gasteiger partial charge >= 0.3 is 0 Å². The van der Waals surface area contributed by atoms with E-state index in [1.165, 1.54) is 6.33 Å². The largest absolute Gasteiger partial charge is 0.497 e. The number of anilines is 3. The zero-order valence-corrected chi connectivity index (χ0v) is 10.3. The Labute approximate surface area is 109 Å². The van der Waals surface area contributed by atoms with E-state index < -0.39 is 0 Å². The van der Waals surface area contributed by atoms with Crippen LogP contribution >= 0.6 is 0 Å². The van der Waals surface area contributed by atoms with Gasteiger partial charge in [0.25, 0.3) is 0 Å². The summed E-state index contributed by atoms with van der Waals surface area (Å²) in [5, 5.41) is 3.22. The molecule has 4 N–H and O–H groups in total. The zero-order chi connectivity index (χ0) is 13.2. The molecular formula is C13H13N5O. The van der Waals surface area contributed by atoms with E-state index in [0.717, 1.165) is 22.5 Å². The summed E-state index contributed by atoms with van der Waals surface area (Å²) in [7, 11) is 1.64. The minimum Gasteiger partial charge on any atom is -0.497 e. The van der Waals surface area contributed by atoms with Gasteiger partial charge in [0, 0.05) is 11.8 Å². The molecule has 0 radical (unpaired) electrons. The number of nitrogens with two attached hydrogens (primary N) is 1. The van der Waals surface area contributed by atoms with E-state index in [0.29, 0.717) is 11.6 Å². The second-order valence-electron chi connectivity index (χ2n) is 4.06. The summed E-state index contributed by atoms with van der Waals surface area (Å²) in [5.41, 5.74) is 8.20. The molecule has 0 amide bonds. The molecule has 0 saturated heterocycles. The van der Waals surface area contributed by atoms with E-state index in [1.54, 1.807) is 13.2 Å². The number of aromatic amines is 1. The van der Waals surface area contributed by atoms with Crippen LogP contribution in [-0.4, -0.2) is 22.1 Å². The van der Waals surface area contributed by atoms with Crippen LogP contribution in [0.4, 0.5) is 17.3 Å². The fourth-order valence-corrected chi connectivity index (χ4v) is 1.87. The van der Waals surface area contributed by atoms with Gasteiger partial charge in [-0.25, -0.2) is 9.97 Å². The first-order chi connectivity index (χ1) is 9.26. The number of hydrogen-bond acceptors (Lipinski definition) is 5. The lowest BCUT2D eigenvalue weighted by atomic mass is 10.3. The lowest BCUT2D eigenvalue weighted by molar-refractivity contribution is 0.415. The molecule has 0 unspecified atom stereocenters. The third-order valence-corrected chi connectivity index (χ3v) is 2.79. The van der Waals surface area contributed by atoms with Crippen LogP contribution in [0.3, 0.4) is 0 Å². The standard InChI is InChI=1S/C13H13N5O/c1-19-9-4-2-8(3-5-9)17-13-12-10(15-7-16-13)6-11(14)18-12/h2-7,18H,14H2,1H3,(H,15,16,17). The lowest BCUT2D eigenvalue weighted by Crippen LogP contribution is -1.95. The molecule has 0 atom stereocenters. The molecule has 0 aliphatic carbocycles. The predicted molar refractivity (Wildman–Crippen MR) is 74.6 cm³/mol. The maximum Gasteiger partial charge on any atom is 0.158 e. The van der Waals surface area contributed by atoms with Gasteiger partial charge in [0.05, 0.1) is 12.6 Å². The van der Waals surface area contributed by atoms with Crippen molar-refractivity contribution in [3.63, 3.8) is 0 Å². The molecule has 6 nitrogen and oxygen atoms in total. The summed E-state index contributed by atoms with van der Waals surface area (Å²) in [6.45, 7) is 0. The Morgan fingerprint density at radius 3 is 2.74 bits per heavy atom. The molecule has 2 aromatic heterocycles. The second-order valence-corrected chi connectivity index (χ2v) is 4.06. The molecule has 19 heavy (non-hydrogen) atoms. The van der Waals surface area contributed by atoms with Crippen molar-refractivity contribution >= 4 is 28.4 Å². The molecule has 6 heteroatoms. The number of methoxy groups -OCH3 is 1. The first-order valence-electron chi connectivity index (χ1n) is 5.76. The predicted octanol–water partition coefficient (Wildman–Crippen LogP) is 2.29. The molecule has 0 aliphatic heterocycles. The third-order valence-electron chi connectivity index (χ3n) is 2.79. The van der Waals surface area contributed by atoms with Crippen LogP contribution in [-0.2, 0) is 0 Å². The van der Waals surface area contributed by atoms with E-state index in [2.05, 4.69) is 20.3 Å². The average molecular weight is 255 g/mol. The van der Waals surface area contributed by atoms with Crippen LogP contribution in [0, 0.1) is 0 Å². The maximum absolute atomic E-state index is 5.72. The number of benzene rings is 1. The molecule has 3 aromatic rings. The minimum atomic E-state index is 0.563. The van der Waals surface area contributed by atoms with Crippen molar-refractivity contribution in [1.82, 2.24) is 15.0 Å². The Hall–Kier alpha value is -2.76. The molecule has 2 heterocycles. The lowest BCUT2D eigenvalue weighted by Gasteiger charge is -2.07. The van der Waals surface area contributed by atoms with Crippen molar-refractivity contribution < 1.29 is 4.74 Å². The summed E-state index contributed by atoms with van der Waals surface area (Å²) >= 11 is 0. The number of nitrogen functional groups attached to an aromatic ring is 1. The van der Waals surface area contributed by atoms with Gasteiger partial charge in [-0.3, -0.25) is 0 Å². The molecule has 0 spiro atoms. The number of nitrogens with zero attached hydrogens (tertiary/aromatic N) is 2.